The average Bonchev–Trinajstić information content (AvgIpc) is 3.80. The van der Waals surface area contributed by atoms with Gasteiger partial charge in [-0.1, -0.05) is 28.5 Å². The number of oxime groups is 1. The van der Waals surface area contributed by atoms with Crippen LogP contribution in [0.3, 0.4) is 0 Å². The van der Waals surface area contributed by atoms with E-state index in [9.17, 15) is 58.8 Å². The maximum Gasteiger partial charge on any atom is 0.350 e. The van der Waals surface area contributed by atoms with E-state index in [1.165, 1.54) is 24.1 Å². The number of urea groups is 1. The molecule has 20 nitrogen and oxygen atoms in total. The van der Waals surface area contributed by atoms with E-state index in [-0.39, 0.29) is 23.9 Å². The summed E-state index contributed by atoms with van der Waals surface area (Å²) < 4.78 is 0. The lowest BCUT2D eigenvalue weighted by atomic mass is 9.90. The van der Waals surface area contributed by atoms with Gasteiger partial charge in [0.05, 0.1) is 29.4 Å². The smallest absolute Gasteiger partial charge is 0.350 e. The predicted octanol–water partition coefficient (Wildman–Crippen LogP) is 0.646. The monoisotopic (exact) mass is 795 g/mol. The number of carbonyl (C=O) groups excluding carboxylic acids is 6. The highest BCUT2D eigenvalue weighted by Gasteiger charge is 2.66. The van der Waals surface area contributed by atoms with Crippen molar-refractivity contribution < 1.29 is 63.6 Å². The first kappa shape index (κ1) is 38.7. The molecule has 5 rings (SSSR count). The van der Waals surface area contributed by atoms with Crippen LogP contribution in [-0.2, 0) is 33.6 Å². The number of benzene rings is 1. The van der Waals surface area contributed by atoms with E-state index in [1.54, 1.807) is 0 Å². The number of nitrogens with two attached hydrogens (primary N) is 1. The second-order valence-corrected chi connectivity index (χ2v) is 15.0. The summed E-state index contributed by atoms with van der Waals surface area (Å²) in [5.74, 6) is -9.71. The molecule has 0 spiro atoms. The summed E-state index contributed by atoms with van der Waals surface area (Å²) in [6.07, 6.45) is -1.67. The number of phenolic OH excluding ortho intramolecular Hbond substituents is 2. The van der Waals surface area contributed by atoms with Gasteiger partial charge < -0.3 is 35.9 Å². The summed E-state index contributed by atoms with van der Waals surface area (Å²) in [4.78, 5) is 111. The summed E-state index contributed by atoms with van der Waals surface area (Å²) in [7, 11) is 0. The number of amides is 4. The molecule has 0 aliphatic carbocycles. The summed E-state index contributed by atoms with van der Waals surface area (Å²) in [5.41, 5.74) is 5.32. The number of ketones is 3. The van der Waals surface area contributed by atoms with E-state index >= 15 is 0 Å². The van der Waals surface area contributed by atoms with Crippen LogP contribution in [0.4, 0.5) is 9.93 Å². The Morgan fingerprint density at radius 1 is 1.11 bits per heavy atom. The number of hydrogen-bond acceptors (Lipinski definition) is 16. The number of Topliss-reactive ketones (excluding diaryl/α,β-unsaturated/α-hetero) is 3. The number of carboxylic acids is 2. The Balaban J connectivity index is 1.22. The van der Waals surface area contributed by atoms with Crippen molar-refractivity contribution in [1.29, 1.82) is 0 Å². The number of phenols is 2. The van der Waals surface area contributed by atoms with Crippen molar-refractivity contribution in [1.82, 2.24) is 25.2 Å². The van der Waals surface area contributed by atoms with E-state index in [0.717, 1.165) is 45.1 Å². The number of halogens is 1. The van der Waals surface area contributed by atoms with Crippen molar-refractivity contribution >= 4 is 92.7 Å². The number of thiazole rings is 1. The fourth-order valence-corrected chi connectivity index (χ4v) is 7.97. The van der Waals surface area contributed by atoms with Crippen LogP contribution in [0.2, 0.25) is 5.02 Å². The van der Waals surface area contributed by atoms with Crippen LogP contribution in [-0.4, -0.2) is 129 Å². The first-order valence-electron chi connectivity index (χ1n) is 15.4. The van der Waals surface area contributed by atoms with Crippen molar-refractivity contribution in [2.45, 2.75) is 49.0 Å². The number of rotatable bonds is 15. The normalized spacial score (nSPS) is 21.3. The number of carboxylic acid groups (broad SMARTS) is 2. The van der Waals surface area contributed by atoms with E-state index < -0.39 is 123 Å². The molecule has 0 bridgehead atoms. The molecular formula is C30H30ClN7O13S2. The molecule has 1 aromatic carbocycles. The van der Waals surface area contributed by atoms with Gasteiger partial charge in [-0.25, -0.2) is 24.4 Å². The van der Waals surface area contributed by atoms with E-state index in [4.69, 9.17) is 22.2 Å². The second kappa shape index (κ2) is 14.5. The predicted molar refractivity (Wildman–Crippen MR) is 183 cm³/mol. The van der Waals surface area contributed by atoms with Gasteiger partial charge in [0.1, 0.15) is 5.69 Å². The van der Waals surface area contributed by atoms with Gasteiger partial charge in [0.2, 0.25) is 33.9 Å². The molecule has 3 aliphatic heterocycles. The first-order chi connectivity index (χ1) is 24.8. The Morgan fingerprint density at radius 2 is 1.81 bits per heavy atom. The van der Waals surface area contributed by atoms with Crippen molar-refractivity contribution in [3.05, 3.63) is 33.8 Å². The molecule has 0 unspecified atom stereocenters. The zero-order chi connectivity index (χ0) is 39.2. The molecule has 4 heterocycles. The lowest BCUT2D eigenvalue weighted by Crippen LogP contribution is -2.60. The van der Waals surface area contributed by atoms with Crippen LogP contribution in [0.15, 0.2) is 22.7 Å². The number of fused-ring (bicyclic) bond motifs is 1. The SMILES string of the molecule is CC(C)(O/N=C(\C(=O)C[C@@H]1C(=O)N2C[C@@](C(=O)O)(N3CCN(NC(=O)CCC(=O)C(=O)c4ccc(O)c(O)c4Cl)C3=O)S[C@H]12)c1csc(N)n1)C(=O)O. The maximum absolute atomic E-state index is 13.5. The highest BCUT2D eigenvalue weighted by atomic mass is 35.5. The number of nitrogens with zero attached hydrogens (tertiary/aromatic N) is 5. The third-order valence-electron chi connectivity index (χ3n) is 8.48. The molecule has 3 saturated heterocycles. The third kappa shape index (κ3) is 7.28. The van der Waals surface area contributed by atoms with Crippen LogP contribution < -0.4 is 11.2 Å². The summed E-state index contributed by atoms with van der Waals surface area (Å²) in [6.45, 7) is 1.58. The van der Waals surface area contributed by atoms with Crippen molar-refractivity contribution in [2.24, 2.45) is 11.1 Å². The number of thioether (sulfide) groups is 1. The van der Waals surface area contributed by atoms with Crippen LogP contribution in [0.1, 0.15) is 49.2 Å². The number of β-lactam (4-membered cyclic amide) rings is 1. The van der Waals surface area contributed by atoms with Crippen LogP contribution >= 0.6 is 34.7 Å². The van der Waals surface area contributed by atoms with Gasteiger partial charge in [-0.15, -0.1) is 11.3 Å². The minimum Gasteiger partial charge on any atom is -0.504 e. The zero-order valence-electron chi connectivity index (χ0n) is 27.6. The number of aliphatic carboxylic acids is 2. The van der Waals surface area contributed by atoms with E-state index in [0.29, 0.717) is 0 Å². The molecule has 0 saturated carbocycles. The summed E-state index contributed by atoms with van der Waals surface area (Å²) in [5, 5.41) is 43.6. The molecule has 1 aromatic heterocycles. The molecule has 3 aliphatic rings. The standard InChI is InChI=1S/C30H30ClN7O13S2/c1-29(2,25(46)47)51-35-20(14-10-52-27(32)33-14)17(41)9-13-23(45)36-11-30(26(48)49,53-24(13)36)37-7-8-38(28(37)50)34-18(42)6-5-15(39)21(43)12-3-4-16(40)22(44)19(12)31/h3-4,10,13,24,40,44H,5-9,11H2,1-2H3,(H2,32,33)(H,34,42)(H,46,47)(H,48,49)/b35-20-/t13-,24-,30-/m1/s1. The lowest BCUT2D eigenvalue weighted by Gasteiger charge is -2.40. The number of nitrogen functional groups attached to an aromatic ring is 1. The van der Waals surface area contributed by atoms with Crippen molar-refractivity contribution in [2.75, 3.05) is 25.4 Å². The molecule has 7 N–H and O–H groups in total. The number of nitrogens with one attached hydrogen (secondary N) is 1. The van der Waals surface area contributed by atoms with Gasteiger partial charge in [-0.2, -0.15) is 0 Å². The van der Waals surface area contributed by atoms with Gasteiger partial charge in [0.25, 0.3) is 0 Å². The third-order valence-corrected chi connectivity index (χ3v) is 11.3. The number of aromatic nitrogens is 1. The quantitative estimate of drug-likeness (QED) is 0.0360. The van der Waals surface area contributed by atoms with Gasteiger partial charge >= 0.3 is 18.0 Å². The number of anilines is 1. The molecule has 2 aromatic rings. The molecule has 0 radical (unpaired) electrons. The Bertz CT molecular complexity index is 1990. The Kier molecular flexibility index (Phi) is 10.6. The van der Waals surface area contributed by atoms with Crippen LogP contribution in [0.5, 0.6) is 11.5 Å². The van der Waals surface area contributed by atoms with E-state index in [1.807, 2.05) is 0 Å². The fraction of sp³-hybridized carbons (Fsp3) is 0.400. The van der Waals surface area contributed by atoms with Gasteiger partial charge in [0.15, 0.2) is 28.1 Å². The maximum atomic E-state index is 13.5. The van der Waals surface area contributed by atoms with Gasteiger partial charge in [-0.3, -0.25) is 34.3 Å². The fourth-order valence-electron chi connectivity index (χ4n) is 5.48. The molecule has 4 amide bonds. The number of hydrazine groups is 1. The van der Waals surface area contributed by atoms with Crippen molar-refractivity contribution in [3.8, 4) is 11.5 Å². The zero-order valence-corrected chi connectivity index (χ0v) is 30.0. The number of aromatic hydroxyl groups is 2. The lowest BCUT2D eigenvalue weighted by molar-refractivity contribution is -0.161. The minimum absolute atomic E-state index is 0.0240. The van der Waals surface area contributed by atoms with Gasteiger partial charge in [-0.05, 0) is 26.0 Å². The van der Waals surface area contributed by atoms with Crippen LogP contribution in [0.25, 0.3) is 0 Å². The summed E-state index contributed by atoms with van der Waals surface area (Å²) >= 11 is 7.56. The van der Waals surface area contributed by atoms with Crippen molar-refractivity contribution in [3.63, 3.8) is 0 Å². The van der Waals surface area contributed by atoms with Crippen LogP contribution in [0, 0.1) is 5.92 Å². The van der Waals surface area contributed by atoms with Gasteiger partial charge in [0, 0.05) is 36.8 Å². The number of carbonyl (C=O) groups is 8. The Hall–Kier alpha value is -5.48. The Labute approximate surface area is 311 Å². The molecule has 282 valence electrons. The first-order valence-corrected chi connectivity index (χ1v) is 17.5. The molecule has 23 heteroatoms. The highest BCUT2D eigenvalue weighted by molar-refractivity contribution is 8.02. The number of hydrogen-bond donors (Lipinski definition) is 6. The minimum atomic E-state index is -2.01. The average molecular weight is 796 g/mol. The molecule has 3 fully saturated rings. The highest BCUT2D eigenvalue weighted by Crippen LogP contribution is 2.53. The molecule has 3 atom stereocenters. The molecular weight excluding hydrogens is 766 g/mol. The summed E-state index contributed by atoms with van der Waals surface area (Å²) in [6, 6.07) is 1.05. The van der Waals surface area contributed by atoms with E-state index in [2.05, 4.69) is 15.6 Å². The topological polar surface area (TPSA) is 300 Å². The largest absolute Gasteiger partial charge is 0.504 e. The second-order valence-electron chi connectivity index (χ2n) is 12.4. The molecule has 53 heavy (non-hydrogen) atoms. The Morgan fingerprint density at radius 3 is 2.43 bits per heavy atom.